The Morgan fingerprint density at radius 1 is 1.19 bits per heavy atom. The Hall–Kier alpha value is -2.67. The minimum absolute atomic E-state index is 0.0257. The maximum atomic E-state index is 12.3. The second-order valence-corrected chi connectivity index (χ2v) is 5.59. The van der Waals surface area contributed by atoms with Crippen molar-refractivity contribution in [3.8, 4) is 5.75 Å². The van der Waals surface area contributed by atoms with Crippen LogP contribution in [0.3, 0.4) is 0 Å². The third kappa shape index (κ3) is 7.06. The fraction of sp³-hybridized carbons (Fsp3) is 0.222. The molecule has 0 aliphatic carbocycles. The summed E-state index contributed by atoms with van der Waals surface area (Å²) in [4.78, 5) is 16.5. The molecule has 2 rings (SSSR count). The minimum atomic E-state index is -2.93. The zero-order valence-electron chi connectivity index (χ0n) is 13.7. The van der Waals surface area contributed by atoms with E-state index >= 15 is 0 Å². The summed E-state index contributed by atoms with van der Waals surface area (Å²) < 4.78 is 29.0. The second-order valence-electron chi connectivity index (χ2n) is 5.15. The van der Waals surface area contributed by atoms with E-state index in [1.54, 1.807) is 24.3 Å². The number of rotatable bonds is 9. The molecule has 5 nitrogen and oxygen atoms in total. The van der Waals surface area contributed by atoms with Gasteiger partial charge in [-0.25, -0.2) is 0 Å². The number of carbonyl (C=O) groups excluding carboxylic acids is 1. The van der Waals surface area contributed by atoms with Gasteiger partial charge in [0.05, 0.1) is 6.21 Å². The van der Waals surface area contributed by atoms with Crippen LogP contribution in [0.15, 0.2) is 53.7 Å². The average Bonchev–Trinajstić information content (AvgIpc) is 2.61. The quantitative estimate of drug-likeness (QED) is 0.532. The highest BCUT2D eigenvalue weighted by atomic mass is 35.5. The maximum Gasteiger partial charge on any atom is 0.387 e. The Bertz CT molecular complexity index is 739. The number of benzene rings is 2. The van der Waals surface area contributed by atoms with Gasteiger partial charge >= 0.3 is 6.61 Å². The highest BCUT2D eigenvalue weighted by Crippen LogP contribution is 2.18. The van der Waals surface area contributed by atoms with Gasteiger partial charge in [0, 0.05) is 17.1 Å². The number of nitrogens with one attached hydrogen (secondary N) is 1. The number of alkyl halides is 2. The summed E-state index contributed by atoms with van der Waals surface area (Å²) in [5.41, 5.74) is 1.36. The number of halogens is 3. The summed E-state index contributed by atoms with van der Waals surface area (Å²) >= 11 is 5.80. The van der Waals surface area contributed by atoms with Crippen LogP contribution in [-0.2, 0) is 16.1 Å². The largest absolute Gasteiger partial charge is 0.434 e. The van der Waals surface area contributed by atoms with Crippen LogP contribution in [0, 0.1) is 0 Å². The van der Waals surface area contributed by atoms with Gasteiger partial charge in [-0.1, -0.05) is 41.0 Å². The van der Waals surface area contributed by atoms with Gasteiger partial charge in [0.25, 0.3) is 5.91 Å². The van der Waals surface area contributed by atoms with Crippen LogP contribution in [-0.4, -0.2) is 31.9 Å². The fourth-order valence-electron chi connectivity index (χ4n) is 2.03. The molecule has 26 heavy (non-hydrogen) atoms. The average molecular weight is 383 g/mol. The van der Waals surface area contributed by atoms with Crippen LogP contribution in [0.4, 0.5) is 8.78 Å². The molecule has 0 saturated heterocycles. The van der Waals surface area contributed by atoms with E-state index in [0.29, 0.717) is 23.6 Å². The Kier molecular flexibility index (Phi) is 7.82. The van der Waals surface area contributed by atoms with Crippen LogP contribution >= 0.6 is 11.6 Å². The number of para-hydroxylation sites is 1. The van der Waals surface area contributed by atoms with E-state index in [1.807, 2.05) is 12.1 Å². The first-order valence-corrected chi connectivity index (χ1v) is 8.12. The van der Waals surface area contributed by atoms with Crippen molar-refractivity contribution in [3.05, 3.63) is 64.7 Å². The van der Waals surface area contributed by atoms with Gasteiger partial charge in [0.2, 0.25) is 0 Å². The van der Waals surface area contributed by atoms with Crippen molar-refractivity contribution in [2.24, 2.45) is 5.16 Å². The number of hydrogen-bond donors (Lipinski definition) is 1. The summed E-state index contributed by atoms with van der Waals surface area (Å²) in [5.74, 6) is -0.365. The molecule has 0 fully saturated rings. The van der Waals surface area contributed by atoms with Gasteiger partial charge in [-0.15, -0.1) is 0 Å². The van der Waals surface area contributed by atoms with Crippen LogP contribution in [0.1, 0.15) is 11.1 Å². The SMILES string of the molecule is O=C(CO/N=C\c1ccccc1OC(F)F)NCCc1ccc(Cl)cc1. The smallest absolute Gasteiger partial charge is 0.387 e. The summed E-state index contributed by atoms with van der Waals surface area (Å²) in [7, 11) is 0. The topological polar surface area (TPSA) is 59.9 Å². The van der Waals surface area contributed by atoms with E-state index in [1.165, 1.54) is 18.3 Å². The Balaban J connectivity index is 1.71. The molecule has 0 aliphatic rings. The molecule has 0 aromatic heterocycles. The molecule has 8 heteroatoms. The molecule has 2 aromatic carbocycles. The maximum absolute atomic E-state index is 12.3. The number of nitrogens with zero attached hydrogens (tertiary/aromatic N) is 1. The molecule has 0 radical (unpaired) electrons. The number of oxime groups is 1. The predicted octanol–water partition coefficient (Wildman–Crippen LogP) is 3.65. The van der Waals surface area contributed by atoms with Crippen molar-refractivity contribution in [3.63, 3.8) is 0 Å². The van der Waals surface area contributed by atoms with Gasteiger partial charge in [-0.3, -0.25) is 4.79 Å². The summed E-state index contributed by atoms with van der Waals surface area (Å²) in [5, 5.41) is 6.94. The Morgan fingerprint density at radius 2 is 1.92 bits per heavy atom. The Morgan fingerprint density at radius 3 is 2.65 bits per heavy atom. The number of ether oxygens (including phenoxy) is 1. The zero-order valence-corrected chi connectivity index (χ0v) is 14.5. The number of carbonyl (C=O) groups is 1. The third-order valence-electron chi connectivity index (χ3n) is 3.25. The predicted molar refractivity (Wildman–Crippen MR) is 94.8 cm³/mol. The minimum Gasteiger partial charge on any atom is -0.434 e. The molecule has 0 bridgehead atoms. The first-order valence-electron chi connectivity index (χ1n) is 7.75. The molecule has 0 spiro atoms. The van der Waals surface area contributed by atoms with Gasteiger partial charge in [-0.2, -0.15) is 8.78 Å². The lowest BCUT2D eigenvalue weighted by Crippen LogP contribution is -2.28. The molecule has 138 valence electrons. The van der Waals surface area contributed by atoms with Gasteiger partial charge in [-0.05, 0) is 36.2 Å². The molecule has 0 saturated carbocycles. The van der Waals surface area contributed by atoms with Crippen molar-refractivity contribution in [2.75, 3.05) is 13.2 Å². The normalized spacial score (nSPS) is 10.9. The van der Waals surface area contributed by atoms with Gasteiger partial charge in [0.1, 0.15) is 5.75 Å². The molecule has 0 unspecified atom stereocenters. The van der Waals surface area contributed by atoms with Gasteiger partial charge in [0.15, 0.2) is 6.61 Å². The van der Waals surface area contributed by atoms with E-state index in [4.69, 9.17) is 16.4 Å². The van der Waals surface area contributed by atoms with E-state index in [2.05, 4.69) is 15.2 Å². The van der Waals surface area contributed by atoms with E-state index in [0.717, 1.165) is 5.56 Å². The van der Waals surface area contributed by atoms with Crippen molar-refractivity contribution in [2.45, 2.75) is 13.0 Å². The lowest BCUT2D eigenvalue weighted by molar-refractivity contribution is -0.125. The van der Waals surface area contributed by atoms with Crippen LogP contribution in [0.25, 0.3) is 0 Å². The lowest BCUT2D eigenvalue weighted by atomic mass is 10.1. The summed E-state index contributed by atoms with van der Waals surface area (Å²) in [6.45, 7) is -2.77. The molecule has 0 aliphatic heterocycles. The molecule has 0 heterocycles. The standard InChI is InChI=1S/C18H17ClF2N2O3/c19-15-7-5-13(6-8-15)9-10-22-17(24)12-25-23-11-14-3-1-2-4-16(14)26-18(20)21/h1-8,11,18H,9-10,12H2,(H,22,24)/b23-11-. The van der Waals surface area contributed by atoms with Crippen molar-refractivity contribution in [1.82, 2.24) is 5.32 Å². The van der Waals surface area contributed by atoms with Crippen molar-refractivity contribution >= 4 is 23.7 Å². The zero-order chi connectivity index (χ0) is 18.8. The highest BCUT2D eigenvalue weighted by Gasteiger charge is 2.07. The highest BCUT2D eigenvalue weighted by molar-refractivity contribution is 6.30. The first kappa shape index (κ1) is 19.7. The van der Waals surface area contributed by atoms with E-state index < -0.39 is 6.61 Å². The molecule has 1 amide bonds. The second kappa shape index (κ2) is 10.4. The lowest BCUT2D eigenvalue weighted by Gasteiger charge is -2.07. The molecular formula is C18H17ClF2N2O3. The van der Waals surface area contributed by atoms with Gasteiger partial charge < -0.3 is 14.9 Å². The molecular weight excluding hydrogens is 366 g/mol. The number of amides is 1. The van der Waals surface area contributed by atoms with E-state index in [-0.39, 0.29) is 18.3 Å². The molecule has 1 N–H and O–H groups in total. The van der Waals surface area contributed by atoms with Crippen molar-refractivity contribution < 1.29 is 23.1 Å². The van der Waals surface area contributed by atoms with Crippen molar-refractivity contribution in [1.29, 1.82) is 0 Å². The van der Waals surface area contributed by atoms with E-state index in [9.17, 15) is 13.6 Å². The monoisotopic (exact) mass is 382 g/mol. The number of hydrogen-bond acceptors (Lipinski definition) is 4. The fourth-order valence-corrected chi connectivity index (χ4v) is 2.15. The third-order valence-corrected chi connectivity index (χ3v) is 3.50. The molecule has 0 atom stereocenters. The first-order chi connectivity index (χ1) is 12.5. The summed E-state index contributed by atoms with van der Waals surface area (Å²) in [6, 6.07) is 13.5. The Labute approximate surface area is 154 Å². The van der Waals surface area contributed by atoms with Crippen LogP contribution in [0.5, 0.6) is 5.75 Å². The summed E-state index contributed by atoms with van der Waals surface area (Å²) in [6.07, 6.45) is 1.86. The van der Waals surface area contributed by atoms with Crippen LogP contribution < -0.4 is 10.1 Å². The van der Waals surface area contributed by atoms with Crippen LogP contribution in [0.2, 0.25) is 5.02 Å². The molecule has 2 aromatic rings.